The highest BCUT2D eigenvalue weighted by Crippen LogP contribution is 2.05. The van der Waals surface area contributed by atoms with Crippen LogP contribution in [0.25, 0.3) is 0 Å². The van der Waals surface area contributed by atoms with Crippen LogP contribution >= 0.6 is 0 Å². The molecule has 0 fully saturated rings. The smallest absolute Gasteiger partial charge is 0.126 e. The number of rotatable bonds is 7. The van der Waals surface area contributed by atoms with Crippen LogP contribution in [-0.2, 0) is 11.3 Å². The molecule has 16 heavy (non-hydrogen) atoms. The molecule has 0 unspecified atom stereocenters. The summed E-state index contributed by atoms with van der Waals surface area (Å²) in [6.45, 7) is 6.28. The lowest BCUT2D eigenvalue weighted by Gasteiger charge is -2.09. The van der Waals surface area contributed by atoms with E-state index in [1.54, 1.807) is 6.20 Å². The molecule has 1 aromatic heterocycles. The van der Waals surface area contributed by atoms with E-state index in [1.807, 2.05) is 26.0 Å². The van der Waals surface area contributed by atoms with Gasteiger partial charge in [0.2, 0.25) is 0 Å². The lowest BCUT2D eigenvalue weighted by Crippen LogP contribution is -2.10. The molecule has 0 saturated carbocycles. The molecule has 0 saturated heterocycles. The van der Waals surface area contributed by atoms with Crippen molar-refractivity contribution in [2.24, 2.45) is 5.73 Å². The van der Waals surface area contributed by atoms with E-state index in [0.717, 1.165) is 31.0 Å². The Hall–Kier alpha value is -1.13. The Morgan fingerprint density at radius 3 is 3.00 bits per heavy atom. The Kier molecular flexibility index (Phi) is 5.82. The molecule has 0 radical (unpaired) electrons. The molecule has 0 amide bonds. The second kappa shape index (κ2) is 7.19. The van der Waals surface area contributed by atoms with E-state index in [0.29, 0.717) is 12.6 Å². The van der Waals surface area contributed by atoms with Gasteiger partial charge in [0.25, 0.3) is 0 Å². The SMILES string of the molecule is CC(C)OCCCNc1cc(CN)ccn1. The molecule has 0 aliphatic carbocycles. The quantitative estimate of drug-likeness (QED) is 0.692. The predicted molar refractivity (Wildman–Crippen MR) is 66.3 cm³/mol. The fourth-order valence-electron chi connectivity index (χ4n) is 1.31. The lowest BCUT2D eigenvalue weighted by atomic mass is 10.2. The van der Waals surface area contributed by atoms with Crippen molar-refractivity contribution >= 4 is 5.82 Å². The summed E-state index contributed by atoms with van der Waals surface area (Å²) < 4.78 is 5.44. The van der Waals surface area contributed by atoms with Gasteiger partial charge in [-0.05, 0) is 38.0 Å². The molecule has 1 rings (SSSR count). The molecule has 0 aliphatic rings. The second-order valence-corrected chi connectivity index (χ2v) is 3.95. The maximum atomic E-state index is 5.55. The number of hydrogen-bond acceptors (Lipinski definition) is 4. The Labute approximate surface area is 97.2 Å². The van der Waals surface area contributed by atoms with E-state index in [4.69, 9.17) is 10.5 Å². The van der Waals surface area contributed by atoms with Gasteiger partial charge in [-0.15, -0.1) is 0 Å². The monoisotopic (exact) mass is 223 g/mol. The molecule has 4 heteroatoms. The fourth-order valence-corrected chi connectivity index (χ4v) is 1.31. The number of aromatic nitrogens is 1. The van der Waals surface area contributed by atoms with Crippen molar-refractivity contribution in [3.05, 3.63) is 23.9 Å². The minimum absolute atomic E-state index is 0.304. The number of ether oxygens (including phenoxy) is 1. The maximum Gasteiger partial charge on any atom is 0.126 e. The van der Waals surface area contributed by atoms with Gasteiger partial charge in [0.15, 0.2) is 0 Å². The molecule has 0 atom stereocenters. The van der Waals surface area contributed by atoms with Gasteiger partial charge in [-0.25, -0.2) is 4.98 Å². The summed E-state index contributed by atoms with van der Waals surface area (Å²) in [5.74, 6) is 0.882. The van der Waals surface area contributed by atoms with E-state index in [2.05, 4.69) is 10.3 Å². The van der Waals surface area contributed by atoms with Gasteiger partial charge in [-0.2, -0.15) is 0 Å². The highest BCUT2D eigenvalue weighted by atomic mass is 16.5. The van der Waals surface area contributed by atoms with Crippen molar-refractivity contribution in [3.63, 3.8) is 0 Å². The molecule has 0 aliphatic heterocycles. The van der Waals surface area contributed by atoms with Crippen LogP contribution in [0.4, 0.5) is 5.82 Å². The molecule has 90 valence electrons. The average molecular weight is 223 g/mol. The summed E-state index contributed by atoms with van der Waals surface area (Å²) in [6.07, 6.45) is 3.06. The zero-order valence-corrected chi connectivity index (χ0v) is 10.1. The van der Waals surface area contributed by atoms with Gasteiger partial charge < -0.3 is 15.8 Å². The number of pyridine rings is 1. The van der Waals surface area contributed by atoms with Crippen molar-refractivity contribution in [1.29, 1.82) is 0 Å². The van der Waals surface area contributed by atoms with Crippen LogP contribution in [0.2, 0.25) is 0 Å². The molecular weight excluding hydrogens is 202 g/mol. The molecule has 1 heterocycles. The average Bonchev–Trinajstić information content (AvgIpc) is 2.28. The largest absolute Gasteiger partial charge is 0.379 e. The first kappa shape index (κ1) is 12.9. The van der Waals surface area contributed by atoms with E-state index in [9.17, 15) is 0 Å². The van der Waals surface area contributed by atoms with Gasteiger partial charge >= 0.3 is 0 Å². The minimum Gasteiger partial charge on any atom is -0.379 e. The molecule has 0 spiro atoms. The summed E-state index contributed by atoms with van der Waals surface area (Å²) >= 11 is 0. The zero-order chi connectivity index (χ0) is 11.8. The van der Waals surface area contributed by atoms with Crippen molar-refractivity contribution in [2.75, 3.05) is 18.5 Å². The maximum absolute atomic E-state index is 5.55. The van der Waals surface area contributed by atoms with E-state index >= 15 is 0 Å². The van der Waals surface area contributed by atoms with Gasteiger partial charge in [0.1, 0.15) is 5.82 Å². The van der Waals surface area contributed by atoms with Gasteiger partial charge in [-0.3, -0.25) is 0 Å². The third-order valence-electron chi connectivity index (χ3n) is 2.14. The molecule has 1 aromatic rings. The van der Waals surface area contributed by atoms with E-state index in [-0.39, 0.29) is 0 Å². The predicted octanol–water partition coefficient (Wildman–Crippen LogP) is 1.77. The number of nitrogens with zero attached hydrogens (tertiary/aromatic N) is 1. The fraction of sp³-hybridized carbons (Fsp3) is 0.583. The van der Waals surface area contributed by atoms with Crippen molar-refractivity contribution in [1.82, 2.24) is 4.98 Å². The van der Waals surface area contributed by atoms with Gasteiger partial charge in [0.05, 0.1) is 6.10 Å². The van der Waals surface area contributed by atoms with Crippen LogP contribution in [0.3, 0.4) is 0 Å². The Morgan fingerprint density at radius 1 is 1.50 bits per heavy atom. The number of nitrogens with two attached hydrogens (primary N) is 1. The number of nitrogens with one attached hydrogen (secondary N) is 1. The Balaban J connectivity index is 2.21. The first-order valence-corrected chi connectivity index (χ1v) is 5.73. The molecule has 4 nitrogen and oxygen atoms in total. The lowest BCUT2D eigenvalue weighted by molar-refractivity contribution is 0.0787. The van der Waals surface area contributed by atoms with Crippen LogP contribution in [0.1, 0.15) is 25.8 Å². The van der Waals surface area contributed by atoms with Crippen molar-refractivity contribution < 1.29 is 4.74 Å². The third-order valence-corrected chi connectivity index (χ3v) is 2.14. The van der Waals surface area contributed by atoms with Crippen LogP contribution < -0.4 is 11.1 Å². The highest BCUT2D eigenvalue weighted by Gasteiger charge is 1.96. The summed E-state index contributed by atoms with van der Waals surface area (Å²) in [7, 11) is 0. The normalized spacial score (nSPS) is 10.8. The van der Waals surface area contributed by atoms with Crippen LogP contribution in [-0.4, -0.2) is 24.2 Å². The van der Waals surface area contributed by atoms with Crippen LogP contribution in [0.15, 0.2) is 18.3 Å². The topological polar surface area (TPSA) is 60.2 Å². The Morgan fingerprint density at radius 2 is 2.31 bits per heavy atom. The highest BCUT2D eigenvalue weighted by molar-refractivity contribution is 5.37. The summed E-state index contributed by atoms with van der Waals surface area (Å²) in [4.78, 5) is 4.21. The van der Waals surface area contributed by atoms with E-state index in [1.165, 1.54) is 0 Å². The number of anilines is 1. The third kappa shape index (κ3) is 5.09. The van der Waals surface area contributed by atoms with Crippen molar-refractivity contribution in [2.45, 2.75) is 32.9 Å². The van der Waals surface area contributed by atoms with E-state index < -0.39 is 0 Å². The van der Waals surface area contributed by atoms with Gasteiger partial charge in [-0.1, -0.05) is 0 Å². The van der Waals surface area contributed by atoms with Crippen LogP contribution in [0, 0.1) is 0 Å². The minimum atomic E-state index is 0.304. The van der Waals surface area contributed by atoms with Gasteiger partial charge in [0, 0.05) is 25.9 Å². The molecule has 0 aromatic carbocycles. The first-order valence-electron chi connectivity index (χ1n) is 5.73. The molecule has 3 N–H and O–H groups in total. The Bertz CT molecular complexity index is 302. The molecule has 0 bridgehead atoms. The summed E-state index contributed by atoms with van der Waals surface area (Å²) in [5, 5.41) is 3.25. The second-order valence-electron chi connectivity index (χ2n) is 3.95. The first-order chi connectivity index (χ1) is 7.72. The molecular formula is C12H21N3O. The number of hydrogen-bond donors (Lipinski definition) is 2. The summed E-state index contributed by atoms with van der Waals surface area (Å²) in [6, 6.07) is 3.90. The standard InChI is InChI=1S/C12H21N3O/c1-10(2)16-7-3-5-14-12-8-11(9-13)4-6-15-12/h4,6,8,10H,3,5,7,9,13H2,1-2H3,(H,14,15). The zero-order valence-electron chi connectivity index (χ0n) is 10.1. The van der Waals surface area contributed by atoms with Crippen molar-refractivity contribution in [3.8, 4) is 0 Å². The summed E-state index contributed by atoms with van der Waals surface area (Å²) in [5.41, 5.74) is 6.65. The van der Waals surface area contributed by atoms with Crippen LogP contribution in [0.5, 0.6) is 0 Å².